The number of rotatable bonds is 2. The molecule has 0 saturated carbocycles. The van der Waals surface area contributed by atoms with Crippen molar-refractivity contribution in [1.82, 2.24) is 4.98 Å². The number of nitrogens with zero attached hydrogens (tertiary/aromatic N) is 1. The van der Waals surface area contributed by atoms with E-state index in [0.29, 0.717) is 12.0 Å². The standard InChI is InChI=1S/C14H10N2O3/c17-13-6-9-5-8(1-2-12(9)16-13)10-3-4-15-7-11(10)14(18)19/h1-5,7H,6H2,(H,16,17)(H,18,19). The Morgan fingerprint density at radius 1 is 1.32 bits per heavy atom. The topological polar surface area (TPSA) is 79.3 Å². The maximum atomic E-state index is 11.3. The molecule has 0 saturated heterocycles. The smallest absolute Gasteiger partial charge is 0.337 e. The molecule has 94 valence electrons. The molecular formula is C14H10N2O3. The zero-order valence-corrected chi connectivity index (χ0v) is 9.88. The molecule has 0 atom stereocenters. The number of anilines is 1. The summed E-state index contributed by atoms with van der Waals surface area (Å²) in [6.07, 6.45) is 3.21. The summed E-state index contributed by atoms with van der Waals surface area (Å²) in [6, 6.07) is 7.10. The van der Waals surface area contributed by atoms with Crippen molar-refractivity contribution in [3.63, 3.8) is 0 Å². The van der Waals surface area contributed by atoms with E-state index in [4.69, 9.17) is 5.11 Å². The van der Waals surface area contributed by atoms with Crippen LogP contribution >= 0.6 is 0 Å². The summed E-state index contributed by atoms with van der Waals surface area (Å²) in [5, 5.41) is 11.9. The van der Waals surface area contributed by atoms with Gasteiger partial charge in [0.05, 0.1) is 12.0 Å². The average Bonchev–Trinajstić information content (AvgIpc) is 2.77. The SMILES string of the molecule is O=C1Cc2cc(-c3ccncc3C(=O)O)ccc2N1. The second kappa shape index (κ2) is 4.20. The van der Waals surface area contributed by atoms with Gasteiger partial charge in [0.15, 0.2) is 0 Å². The lowest BCUT2D eigenvalue weighted by molar-refractivity contribution is -0.115. The number of nitrogens with one attached hydrogen (secondary N) is 1. The number of carboxylic acids is 1. The molecule has 1 aliphatic rings. The molecule has 1 aliphatic heterocycles. The van der Waals surface area contributed by atoms with Crippen molar-refractivity contribution in [2.45, 2.75) is 6.42 Å². The van der Waals surface area contributed by atoms with Gasteiger partial charge >= 0.3 is 5.97 Å². The Hall–Kier alpha value is -2.69. The molecule has 1 aromatic heterocycles. The normalized spacial score (nSPS) is 12.9. The van der Waals surface area contributed by atoms with E-state index >= 15 is 0 Å². The molecule has 19 heavy (non-hydrogen) atoms. The second-order valence-electron chi connectivity index (χ2n) is 4.32. The van der Waals surface area contributed by atoms with Gasteiger partial charge in [-0.05, 0) is 34.9 Å². The largest absolute Gasteiger partial charge is 0.478 e. The first-order valence-corrected chi connectivity index (χ1v) is 5.75. The number of carbonyl (C=O) groups is 2. The minimum Gasteiger partial charge on any atom is -0.478 e. The van der Waals surface area contributed by atoms with Crippen molar-refractivity contribution < 1.29 is 14.7 Å². The minimum absolute atomic E-state index is 0.0414. The molecule has 2 N–H and O–H groups in total. The van der Waals surface area contributed by atoms with Crippen molar-refractivity contribution >= 4 is 17.6 Å². The number of carboxylic acid groups (broad SMARTS) is 1. The highest BCUT2D eigenvalue weighted by Gasteiger charge is 2.19. The van der Waals surface area contributed by atoms with Crippen molar-refractivity contribution in [3.05, 3.63) is 47.8 Å². The van der Waals surface area contributed by atoms with Crippen LogP contribution in [0.2, 0.25) is 0 Å². The van der Waals surface area contributed by atoms with Crippen LogP contribution in [0.4, 0.5) is 5.69 Å². The average molecular weight is 254 g/mol. The molecule has 5 heteroatoms. The molecule has 3 rings (SSSR count). The molecule has 0 fully saturated rings. The number of aromatic nitrogens is 1. The minimum atomic E-state index is -1.02. The highest BCUT2D eigenvalue weighted by atomic mass is 16.4. The summed E-state index contributed by atoms with van der Waals surface area (Å²) < 4.78 is 0. The highest BCUT2D eigenvalue weighted by Crippen LogP contribution is 2.30. The third-order valence-corrected chi connectivity index (χ3v) is 3.09. The molecule has 1 aromatic carbocycles. The zero-order valence-electron chi connectivity index (χ0n) is 9.88. The number of amides is 1. The first-order chi connectivity index (χ1) is 9.15. The quantitative estimate of drug-likeness (QED) is 0.858. The van der Waals surface area contributed by atoms with E-state index in [1.165, 1.54) is 6.20 Å². The van der Waals surface area contributed by atoms with E-state index in [9.17, 15) is 9.59 Å². The Labute approximate surface area is 108 Å². The molecule has 0 spiro atoms. The lowest BCUT2D eigenvalue weighted by atomic mass is 9.99. The van der Waals surface area contributed by atoms with E-state index in [1.54, 1.807) is 24.4 Å². The molecule has 0 radical (unpaired) electrons. The number of benzene rings is 1. The number of aromatic carboxylic acids is 1. The van der Waals surface area contributed by atoms with Gasteiger partial charge in [-0.3, -0.25) is 9.78 Å². The van der Waals surface area contributed by atoms with Crippen LogP contribution in [-0.2, 0) is 11.2 Å². The van der Waals surface area contributed by atoms with Gasteiger partial charge < -0.3 is 10.4 Å². The molecular weight excluding hydrogens is 244 g/mol. The number of hydrogen-bond acceptors (Lipinski definition) is 3. The van der Waals surface area contributed by atoms with E-state index in [1.807, 2.05) is 6.07 Å². The first-order valence-electron chi connectivity index (χ1n) is 5.75. The third kappa shape index (κ3) is 1.95. The van der Waals surface area contributed by atoms with Crippen LogP contribution < -0.4 is 5.32 Å². The van der Waals surface area contributed by atoms with Gasteiger partial charge in [0.1, 0.15) is 0 Å². The zero-order chi connectivity index (χ0) is 13.4. The van der Waals surface area contributed by atoms with Gasteiger partial charge in [0.25, 0.3) is 0 Å². The molecule has 5 nitrogen and oxygen atoms in total. The fourth-order valence-corrected chi connectivity index (χ4v) is 2.21. The van der Waals surface area contributed by atoms with E-state index < -0.39 is 5.97 Å². The van der Waals surface area contributed by atoms with Crippen LogP contribution in [0.3, 0.4) is 0 Å². The third-order valence-electron chi connectivity index (χ3n) is 3.09. The molecule has 2 aromatic rings. The number of pyridine rings is 1. The van der Waals surface area contributed by atoms with Crippen LogP contribution in [0.1, 0.15) is 15.9 Å². The summed E-state index contributed by atoms with van der Waals surface area (Å²) in [5.74, 6) is -1.06. The Bertz CT molecular complexity index is 695. The maximum Gasteiger partial charge on any atom is 0.337 e. The number of fused-ring (bicyclic) bond motifs is 1. The lowest BCUT2D eigenvalue weighted by Gasteiger charge is -2.07. The summed E-state index contributed by atoms with van der Waals surface area (Å²) in [6.45, 7) is 0. The molecule has 0 aliphatic carbocycles. The summed E-state index contributed by atoms with van der Waals surface area (Å²) in [5.41, 5.74) is 3.20. The molecule has 0 unspecified atom stereocenters. The molecule has 2 heterocycles. The molecule has 0 bridgehead atoms. The van der Waals surface area contributed by atoms with Gasteiger partial charge in [0, 0.05) is 18.1 Å². The van der Waals surface area contributed by atoms with Gasteiger partial charge in [-0.25, -0.2) is 4.79 Å². The van der Waals surface area contributed by atoms with Crippen LogP contribution in [-0.4, -0.2) is 22.0 Å². The van der Waals surface area contributed by atoms with Crippen molar-refractivity contribution in [1.29, 1.82) is 0 Å². The van der Waals surface area contributed by atoms with Crippen LogP contribution in [0.25, 0.3) is 11.1 Å². The Balaban J connectivity index is 2.11. The van der Waals surface area contributed by atoms with E-state index in [0.717, 1.165) is 16.8 Å². The fourth-order valence-electron chi connectivity index (χ4n) is 2.21. The first kappa shape index (κ1) is 11.4. The van der Waals surface area contributed by atoms with Gasteiger partial charge in [-0.2, -0.15) is 0 Å². The monoisotopic (exact) mass is 254 g/mol. The maximum absolute atomic E-state index is 11.3. The van der Waals surface area contributed by atoms with Crippen LogP contribution in [0.5, 0.6) is 0 Å². The van der Waals surface area contributed by atoms with Crippen molar-refractivity contribution in [2.75, 3.05) is 5.32 Å². The number of hydrogen-bond donors (Lipinski definition) is 2. The van der Waals surface area contributed by atoms with Gasteiger partial charge in [-0.15, -0.1) is 0 Å². The highest BCUT2D eigenvalue weighted by molar-refractivity contribution is 6.00. The molecule has 1 amide bonds. The Morgan fingerprint density at radius 2 is 2.16 bits per heavy atom. The fraction of sp³-hybridized carbons (Fsp3) is 0.0714. The second-order valence-corrected chi connectivity index (χ2v) is 4.32. The predicted molar refractivity (Wildman–Crippen MR) is 69.0 cm³/mol. The van der Waals surface area contributed by atoms with Crippen LogP contribution in [0.15, 0.2) is 36.7 Å². The Kier molecular flexibility index (Phi) is 2.52. The van der Waals surface area contributed by atoms with Crippen LogP contribution in [0, 0.1) is 0 Å². The van der Waals surface area contributed by atoms with E-state index in [2.05, 4.69) is 10.3 Å². The predicted octanol–water partition coefficient (Wildman–Crippen LogP) is 1.94. The van der Waals surface area contributed by atoms with Gasteiger partial charge in [0.2, 0.25) is 5.91 Å². The summed E-state index contributed by atoms with van der Waals surface area (Å²) >= 11 is 0. The number of carbonyl (C=O) groups excluding carboxylic acids is 1. The summed E-state index contributed by atoms with van der Waals surface area (Å²) in [7, 11) is 0. The summed E-state index contributed by atoms with van der Waals surface area (Å²) in [4.78, 5) is 26.3. The van der Waals surface area contributed by atoms with Crippen molar-refractivity contribution in [2.24, 2.45) is 0 Å². The van der Waals surface area contributed by atoms with Crippen molar-refractivity contribution in [3.8, 4) is 11.1 Å². The Morgan fingerprint density at radius 3 is 2.95 bits per heavy atom. The van der Waals surface area contributed by atoms with E-state index in [-0.39, 0.29) is 11.5 Å². The lowest BCUT2D eigenvalue weighted by Crippen LogP contribution is -2.03. The van der Waals surface area contributed by atoms with Gasteiger partial charge in [-0.1, -0.05) is 6.07 Å².